The first-order chi connectivity index (χ1) is 9.58. The Balaban J connectivity index is 1.65. The Kier molecular flexibility index (Phi) is 4.28. The van der Waals surface area contributed by atoms with Gasteiger partial charge in [0.05, 0.1) is 11.7 Å². The molecular formula is C16H20Cl2O2. The van der Waals surface area contributed by atoms with Crippen molar-refractivity contribution in [3.8, 4) is 0 Å². The van der Waals surface area contributed by atoms with Crippen LogP contribution in [0, 0.1) is 5.92 Å². The first-order valence-electron chi connectivity index (χ1n) is 7.34. The number of aliphatic hydroxyl groups excluding tert-OH is 1. The van der Waals surface area contributed by atoms with Crippen LogP contribution in [0.1, 0.15) is 37.7 Å². The fourth-order valence-corrected chi connectivity index (χ4v) is 3.88. The lowest BCUT2D eigenvalue weighted by atomic mass is 9.70. The number of aliphatic hydroxyl groups is 1. The van der Waals surface area contributed by atoms with Crippen molar-refractivity contribution in [2.24, 2.45) is 5.92 Å². The molecule has 110 valence electrons. The number of rotatable bonds is 3. The highest BCUT2D eigenvalue weighted by Crippen LogP contribution is 2.45. The van der Waals surface area contributed by atoms with E-state index in [0.717, 1.165) is 37.9 Å². The summed E-state index contributed by atoms with van der Waals surface area (Å²) in [6, 6.07) is 5.47. The summed E-state index contributed by atoms with van der Waals surface area (Å²) in [5.41, 5.74) is 1.05. The number of hydrogen-bond acceptors (Lipinski definition) is 2. The van der Waals surface area contributed by atoms with Gasteiger partial charge in [0, 0.05) is 23.1 Å². The van der Waals surface area contributed by atoms with Crippen LogP contribution in [0.25, 0.3) is 0 Å². The zero-order chi connectivity index (χ0) is 14.2. The fraction of sp³-hybridized carbons (Fsp3) is 0.625. The third kappa shape index (κ3) is 2.99. The van der Waals surface area contributed by atoms with E-state index in [-0.39, 0.29) is 11.7 Å². The van der Waals surface area contributed by atoms with Gasteiger partial charge in [-0.3, -0.25) is 0 Å². The van der Waals surface area contributed by atoms with Crippen molar-refractivity contribution < 1.29 is 9.84 Å². The molecule has 1 aliphatic heterocycles. The highest BCUT2D eigenvalue weighted by molar-refractivity contribution is 6.35. The van der Waals surface area contributed by atoms with Crippen LogP contribution < -0.4 is 0 Å². The molecule has 4 heteroatoms. The Bertz CT molecular complexity index is 485. The molecule has 0 bridgehead atoms. The Morgan fingerprint density at radius 1 is 1.35 bits per heavy atom. The van der Waals surface area contributed by atoms with Crippen LogP contribution in [0.2, 0.25) is 10.0 Å². The number of hydrogen-bond donors (Lipinski definition) is 1. The summed E-state index contributed by atoms with van der Waals surface area (Å²) in [6.45, 7) is 0.774. The fourth-order valence-electron chi connectivity index (χ4n) is 3.39. The summed E-state index contributed by atoms with van der Waals surface area (Å²) in [5.74, 6) is 0.316. The van der Waals surface area contributed by atoms with E-state index in [2.05, 4.69) is 0 Å². The van der Waals surface area contributed by atoms with Gasteiger partial charge in [-0.25, -0.2) is 0 Å². The van der Waals surface area contributed by atoms with E-state index in [1.54, 1.807) is 6.07 Å². The first-order valence-corrected chi connectivity index (χ1v) is 8.10. The van der Waals surface area contributed by atoms with Gasteiger partial charge in [-0.1, -0.05) is 29.3 Å². The maximum atomic E-state index is 10.5. The Labute approximate surface area is 130 Å². The normalized spacial score (nSPS) is 26.2. The molecule has 2 fully saturated rings. The Morgan fingerprint density at radius 3 is 2.80 bits per heavy atom. The molecule has 2 unspecified atom stereocenters. The van der Waals surface area contributed by atoms with Gasteiger partial charge >= 0.3 is 0 Å². The summed E-state index contributed by atoms with van der Waals surface area (Å²) in [5, 5.41) is 11.8. The quantitative estimate of drug-likeness (QED) is 0.904. The second-order valence-corrected chi connectivity index (χ2v) is 6.99. The van der Waals surface area contributed by atoms with Gasteiger partial charge in [0.15, 0.2) is 0 Å². The van der Waals surface area contributed by atoms with Crippen LogP contribution in [0.5, 0.6) is 0 Å². The van der Waals surface area contributed by atoms with Crippen molar-refractivity contribution >= 4 is 23.2 Å². The van der Waals surface area contributed by atoms with Crippen LogP contribution in [0.3, 0.4) is 0 Å². The number of halogens is 2. The molecule has 0 aromatic heterocycles. The molecule has 2 atom stereocenters. The summed E-state index contributed by atoms with van der Waals surface area (Å²) in [6.07, 6.45) is 5.72. The highest BCUT2D eigenvalue weighted by atomic mass is 35.5. The standard InChI is InChI=1S/C16H20Cl2O2/c17-13-3-2-11(14(18)9-13)8-15(19)12-4-7-20-16(10-12)5-1-6-16/h2-3,9,12,15,19H,1,4-8,10H2. The monoisotopic (exact) mass is 314 g/mol. The molecule has 2 aliphatic rings. The maximum Gasteiger partial charge on any atom is 0.0686 e. The van der Waals surface area contributed by atoms with E-state index in [0.29, 0.717) is 22.4 Å². The minimum atomic E-state index is -0.352. The van der Waals surface area contributed by atoms with Crippen LogP contribution in [0.4, 0.5) is 0 Å². The predicted octanol–water partition coefficient (Wildman–Crippen LogP) is 4.25. The van der Waals surface area contributed by atoms with Crippen molar-refractivity contribution in [1.82, 2.24) is 0 Å². The van der Waals surface area contributed by atoms with E-state index in [4.69, 9.17) is 27.9 Å². The van der Waals surface area contributed by atoms with Crippen LogP contribution in [0.15, 0.2) is 18.2 Å². The molecule has 3 rings (SSSR count). The van der Waals surface area contributed by atoms with Crippen LogP contribution in [-0.4, -0.2) is 23.4 Å². The average Bonchev–Trinajstić information content (AvgIpc) is 2.40. The first kappa shape index (κ1) is 14.6. The smallest absolute Gasteiger partial charge is 0.0686 e. The zero-order valence-electron chi connectivity index (χ0n) is 11.4. The Morgan fingerprint density at radius 2 is 2.15 bits per heavy atom. The molecule has 0 radical (unpaired) electrons. The average molecular weight is 315 g/mol. The minimum Gasteiger partial charge on any atom is -0.392 e. The summed E-state index contributed by atoms with van der Waals surface area (Å²) in [4.78, 5) is 0. The molecule has 1 saturated heterocycles. The van der Waals surface area contributed by atoms with Crippen molar-refractivity contribution in [3.63, 3.8) is 0 Å². The molecule has 1 saturated carbocycles. The third-order valence-electron chi connectivity index (χ3n) is 4.78. The lowest BCUT2D eigenvalue weighted by Gasteiger charge is -2.48. The molecule has 0 amide bonds. The summed E-state index contributed by atoms with van der Waals surface area (Å²) < 4.78 is 5.92. The topological polar surface area (TPSA) is 29.5 Å². The summed E-state index contributed by atoms with van der Waals surface area (Å²) in [7, 11) is 0. The molecule has 1 aromatic rings. The molecule has 2 nitrogen and oxygen atoms in total. The van der Waals surface area contributed by atoms with Crippen LogP contribution in [-0.2, 0) is 11.2 Å². The van der Waals surface area contributed by atoms with Crippen LogP contribution >= 0.6 is 23.2 Å². The second kappa shape index (κ2) is 5.84. The van der Waals surface area contributed by atoms with E-state index in [1.807, 2.05) is 12.1 Å². The SMILES string of the molecule is OC(Cc1ccc(Cl)cc1Cl)C1CCOC2(CCC2)C1. The van der Waals surface area contributed by atoms with Gasteiger partial charge in [-0.15, -0.1) is 0 Å². The largest absolute Gasteiger partial charge is 0.392 e. The highest BCUT2D eigenvalue weighted by Gasteiger charge is 2.44. The molecule has 1 aromatic carbocycles. The van der Waals surface area contributed by atoms with Gasteiger partial charge in [0.25, 0.3) is 0 Å². The lowest BCUT2D eigenvalue weighted by Crippen LogP contribution is -2.48. The zero-order valence-corrected chi connectivity index (χ0v) is 13.0. The lowest BCUT2D eigenvalue weighted by molar-refractivity contribution is -0.156. The van der Waals surface area contributed by atoms with E-state index >= 15 is 0 Å². The van der Waals surface area contributed by atoms with Gasteiger partial charge in [-0.05, 0) is 55.7 Å². The summed E-state index contributed by atoms with van der Waals surface area (Å²) >= 11 is 12.1. The van der Waals surface area contributed by atoms with E-state index in [1.165, 1.54) is 6.42 Å². The molecular weight excluding hydrogens is 295 g/mol. The van der Waals surface area contributed by atoms with Crippen molar-refractivity contribution in [2.45, 2.75) is 50.2 Å². The molecule has 1 aliphatic carbocycles. The molecule has 1 heterocycles. The number of ether oxygens (including phenoxy) is 1. The van der Waals surface area contributed by atoms with E-state index in [9.17, 15) is 5.11 Å². The third-order valence-corrected chi connectivity index (χ3v) is 5.37. The van der Waals surface area contributed by atoms with Gasteiger partial charge in [0.2, 0.25) is 0 Å². The second-order valence-electron chi connectivity index (χ2n) is 6.15. The van der Waals surface area contributed by atoms with Gasteiger partial charge in [0.1, 0.15) is 0 Å². The van der Waals surface area contributed by atoms with Crippen molar-refractivity contribution in [1.29, 1.82) is 0 Å². The van der Waals surface area contributed by atoms with Gasteiger partial charge < -0.3 is 9.84 Å². The molecule has 1 spiro atoms. The van der Waals surface area contributed by atoms with Gasteiger partial charge in [-0.2, -0.15) is 0 Å². The Hall–Kier alpha value is -0.280. The number of benzene rings is 1. The maximum absolute atomic E-state index is 10.5. The molecule has 20 heavy (non-hydrogen) atoms. The molecule has 1 N–H and O–H groups in total. The van der Waals surface area contributed by atoms with Crippen molar-refractivity contribution in [3.05, 3.63) is 33.8 Å². The van der Waals surface area contributed by atoms with Crippen molar-refractivity contribution in [2.75, 3.05) is 6.61 Å². The van der Waals surface area contributed by atoms with E-state index < -0.39 is 0 Å². The predicted molar refractivity (Wildman–Crippen MR) is 81.4 cm³/mol. The minimum absolute atomic E-state index is 0.0771.